The average Bonchev–Trinajstić information content (AvgIpc) is 3.16. The van der Waals surface area contributed by atoms with Crippen LogP contribution in [0.2, 0.25) is 0 Å². The monoisotopic (exact) mass is 436 g/mol. The first-order valence-corrected chi connectivity index (χ1v) is 11.0. The Hall–Kier alpha value is -3.20. The van der Waals surface area contributed by atoms with Crippen molar-refractivity contribution in [3.8, 4) is 11.3 Å². The molecule has 9 nitrogen and oxygen atoms in total. The highest BCUT2D eigenvalue weighted by Crippen LogP contribution is 2.31. The van der Waals surface area contributed by atoms with Crippen LogP contribution in [0.5, 0.6) is 0 Å². The highest BCUT2D eigenvalue weighted by molar-refractivity contribution is 5.70. The van der Waals surface area contributed by atoms with E-state index in [4.69, 9.17) is 19.6 Å². The normalized spacial score (nSPS) is 17.5. The van der Waals surface area contributed by atoms with Crippen LogP contribution in [0.15, 0.2) is 36.7 Å². The van der Waals surface area contributed by atoms with Gasteiger partial charge in [-0.1, -0.05) is 0 Å². The smallest absolute Gasteiger partial charge is 0.410 e. The summed E-state index contributed by atoms with van der Waals surface area (Å²) < 4.78 is 13.0. The minimum atomic E-state index is -0.496. The molecule has 5 rings (SSSR count). The molecule has 2 saturated heterocycles. The minimum absolute atomic E-state index is 0.173. The molecule has 0 atom stereocenters. The van der Waals surface area contributed by atoms with Crippen LogP contribution in [-0.2, 0) is 9.47 Å². The van der Waals surface area contributed by atoms with Crippen LogP contribution < -0.4 is 4.90 Å². The minimum Gasteiger partial charge on any atom is -0.444 e. The molecule has 9 heteroatoms. The first kappa shape index (κ1) is 20.7. The van der Waals surface area contributed by atoms with Gasteiger partial charge in [0.1, 0.15) is 11.4 Å². The summed E-state index contributed by atoms with van der Waals surface area (Å²) in [5.41, 5.74) is 3.13. The molecule has 3 aromatic heterocycles. The summed E-state index contributed by atoms with van der Waals surface area (Å²) in [6.07, 6.45) is 3.26. The van der Waals surface area contributed by atoms with Gasteiger partial charge in [-0.15, -0.1) is 0 Å². The van der Waals surface area contributed by atoms with Crippen LogP contribution in [-0.4, -0.2) is 75.6 Å². The molecule has 1 amide bonds. The van der Waals surface area contributed by atoms with Crippen LogP contribution in [0.3, 0.4) is 0 Å². The van der Waals surface area contributed by atoms with Crippen LogP contribution in [0, 0.1) is 0 Å². The maximum atomic E-state index is 12.3. The van der Waals surface area contributed by atoms with E-state index < -0.39 is 5.60 Å². The van der Waals surface area contributed by atoms with Crippen LogP contribution in [0.4, 0.5) is 10.6 Å². The second kappa shape index (κ2) is 8.05. The molecule has 2 fully saturated rings. The lowest BCUT2D eigenvalue weighted by Crippen LogP contribution is -2.50. The third-order valence-electron chi connectivity index (χ3n) is 5.69. The molecule has 0 bridgehead atoms. The Morgan fingerprint density at radius 2 is 1.84 bits per heavy atom. The van der Waals surface area contributed by atoms with Gasteiger partial charge in [-0.3, -0.25) is 4.98 Å². The number of nitrogens with zero attached hydrogens (tertiary/aromatic N) is 6. The Balaban J connectivity index is 1.45. The molecular weight excluding hydrogens is 408 g/mol. The zero-order chi connectivity index (χ0) is 22.3. The van der Waals surface area contributed by atoms with Crippen molar-refractivity contribution >= 4 is 17.6 Å². The SMILES string of the molecule is CC(C)(C)OC(=O)N1CC(c2cc(N3CCOCC3)n3nc(-c4ccncc4)cc3n2)C1. The van der Waals surface area contributed by atoms with Crippen molar-refractivity contribution in [2.24, 2.45) is 0 Å². The van der Waals surface area contributed by atoms with E-state index in [1.54, 1.807) is 17.3 Å². The third-order valence-corrected chi connectivity index (χ3v) is 5.69. The quantitative estimate of drug-likeness (QED) is 0.624. The summed E-state index contributed by atoms with van der Waals surface area (Å²) >= 11 is 0. The van der Waals surface area contributed by atoms with Gasteiger partial charge in [0, 0.05) is 62.2 Å². The second-order valence-corrected chi connectivity index (χ2v) is 9.26. The van der Waals surface area contributed by atoms with E-state index in [-0.39, 0.29) is 12.0 Å². The molecule has 3 aromatic rings. The predicted octanol–water partition coefficient (Wildman–Crippen LogP) is 2.96. The van der Waals surface area contributed by atoms with E-state index in [9.17, 15) is 4.79 Å². The van der Waals surface area contributed by atoms with E-state index in [1.807, 2.05) is 43.5 Å². The molecule has 5 heterocycles. The van der Waals surface area contributed by atoms with Crippen LogP contribution in [0.1, 0.15) is 32.4 Å². The number of amides is 1. The summed E-state index contributed by atoms with van der Waals surface area (Å²) in [6.45, 7) is 9.83. The lowest BCUT2D eigenvalue weighted by atomic mass is 9.96. The molecule has 2 aliphatic heterocycles. The number of morpholine rings is 1. The lowest BCUT2D eigenvalue weighted by molar-refractivity contribution is 0.00789. The first-order chi connectivity index (χ1) is 15.4. The number of rotatable bonds is 3. The van der Waals surface area contributed by atoms with E-state index in [0.717, 1.165) is 41.5 Å². The van der Waals surface area contributed by atoms with Gasteiger partial charge in [0.05, 0.1) is 24.6 Å². The maximum Gasteiger partial charge on any atom is 0.410 e. The highest BCUT2D eigenvalue weighted by atomic mass is 16.6. The summed E-state index contributed by atoms with van der Waals surface area (Å²) in [5, 5.41) is 4.85. The number of anilines is 1. The first-order valence-electron chi connectivity index (χ1n) is 11.0. The number of hydrogen-bond acceptors (Lipinski definition) is 7. The Bertz CT molecular complexity index is 1110. The fourth-order valence-electron chi connectivity index (χ4n) is 4.01. The topological polar surface area (TPSA) is 85.1 Å². The molecule has 0 aliphatic carbocycles. The molecule has 0 aromatic carbocycles. The molecule has 0 unspecified atom stereocenters. The Kier molecular flexibility index (Phi) is 5.21. The standard InChI is InChI=1S/C23H28N6O3/c1-23(2,3)32-22(30)28-14-17(15-28)18-13-21(27-8-10-31-11-9-27)29-20(25-18)12-19(26-29)16-4-6-24-7-5-16/h4-7,12-13,17H,8-11,14-15H2,1-3H3. The van der Waals surface area contributed by atoms with Crippen molar-refractivity contribution in [3.63, 3.8) is 0 Å². The lowest BCUT2D eigenvalue weighted by Gasteiger charge is -2.39. The molecule has 0 radical (unpaired) electrons. The van der Waals surface area contributed by atoms with Gasteiger partial charge in [-0.25, -0.2) is 9.78 Å². The second-order valence-electron chi connectivity index (χ2n) is 9.26. The number of carbonyl (C=O) groups excluding carboxylic acids is 1. The van der Waals surface area contributed by atoms with Gasteiger partial charge in [-0.2, -0.15) is 9.61 Å². The van der Waals surface area contributed by atoms with Gasteiger partial charge in [-0.05, 0) is 32.9 Å². The zero-order valence-electron chi connectivity index (χ0n) is 18.7. The summed E-state index contributed by atoms with van der Waals surface area (Å²) in [7, 11) is 0. The van der Waals surface area contributed by atoms with Crippen molar-refractivity contribution in [1.82, 2.24) is 24.5 Å². The number of fused-ring (bicyclic) bond motifs is 1. The molecule has 0 saturated carbocycles. The van der Waals surface area contributed by atoms with Crippen molar-refractivity contribution in [3.05, 3.63) is 42.4 Å². The molecular formula is C23H28N6O3. The summed E-state index contributed by atoms with van der Waals surface area (Å²) in [5.74, 6) is 1.18. The van der Waals surface area contributed by atoms with E-state index in [2.05, 4.69) is 16.0 Å². The van der Waals surface area contributed by atoms with E-state index in [1.165, 1.54) is 0 Å². The molecule has 32 heavy (non-hydrogen) atoms. The van der Waals surface area contributed by atoms with E-state index >= 15 is 0 Å². The Morgan fingerprint density at radius 3 is 2.53 bits per heavy atom. The maximum absolute atomic E-state index is 12.3. The number of likely N-dealkylation sites (tertiary alicyclic amines) is 1. The van der Waals surface area contributed by atoms with Crippen molar-refractivity contribution in [2.45, 2.75) is 32.3 Å². The zero-order valence-corrected chi connectivity index (χ0v) is 18.7. The van der Waals surface area contributed by atoms with Gasteiger partial charge in [0.2, 0.25) is 0 Å². The van der Waals surface area contributed by atoms with Gasteiger partial charge in [0.15, 0.2) is 5.65 Å². The predicted molar refractivity (Wildman–Crippen MR) is 120 cm³/mol. The third kappa shape index (κ3) is 4.12. The van der Waals surface area contributed by atoms with Crippen LogP contribution >= 0.6 is 0 Å². The molecule has 0 spiro atoms. The Labute approximate surface area is 187 Å². The summed E-state index contributed by atoms with van der Waals surface area (Å²) in [6, 6.07) is 8.01. The fourth-order valence-corrected chi connectivity index (χ4v) is 4.01. The summed E-state index contributed by atoms with van der Waals surface area (Å²) in [4.78, 5) is 25.4. The molecule has 2 aliphatic rings. The number of carbonyl (C=O) groups is 1. The van der Waals surface area contributed by atoms with Crippen molar-refractivity contribution < 1.29 is 14.3 Å². The number of pyridine rings is 1. The van der Waals surface area contributed by atoms with E-state index in [0.29, 0.717) is 26.3 Å². The van der Waals surface area contributed by atoms with Crippen LogP contribution in [0.25, 0.3) is 16.9 Å². The highest BCUT2D eigenvalue weighted by Gasteiger charge is 2.36. The van der Waals surface area contributed by atoms with Gasteiger partial charge in [0.25, 0.3) is 0 Å². The Morgan fingerprint density at radius 1 is 1.12 bits per heavy atom. The molecule has 168 valence electrons. The number of ether oxygens (including phenoxy) is 2. The van der Waals surface area contributed by atoms with Crippen molar-refractivity contribution in [1.29, 1.82) is 0 Å². The van der Waals surface area contributed by atoms with Gasteiger partial charge < -0.3 is 19.3 Å². The fraction of sp³-hybridized carbons (Fsp3) is 0.478. The van der Waals surface area contributed by atoms with Gasteiger partial charge >= 0.3 is 6.09 Å². The molecule has 0 N–H and O–H groups in total. The number of hydrogen-bond donors (Lipinski definition) is 0. The number of aromatic nitrogens is 4. The average molecular weight is 437 g/mol. The largest absolute Gasteiger partial charge is 0.444 e. The van der Waals surface area contributed by atoms with Crippen molar-refractivity contribution in [2.75, 3.05) is 44.3 Å².